The molecule has 1 aliphatic heterocycles. The van der Waals surface area contributed by atoms with E-state index < -0.39 is 0 Å². The van der Waals surface area contributed by atoms with Gasteiger partial charge in [-0.1, -0.05) is 54.2 Å². The number of ether oxygens (including phenoxy) is 1. The van der Waals surface area contributed by atoms with E-state index in [0.29, 0.717) is 17.5 Å². The molecule has 0 fully saturated rings. The molecule has 0 saturated carbocycles. The molecule has 0 aliphatic carbocycles. The molecule has 1 amide bonds. The van der Waals surface area contributed by atoms with Crippen molar-refractivity contribution in [3.8, 4) is 5.75 Å². The summed E-state index contributed by atoms with van der Waals surface area (Å²) in [5.41, 5.74) is 13.2. The summed E-state index contributed by atoms with van der Waals surface area (Å²) in [6.07, 6.45) is 0. The van der Waals surface area contributed by atoms with Crippen molar-refractivity contribution in [2.45, 2.75) is 11.2 Å². The first-order chi connectivity index (χ1) is 13.6. The Kier molecular flexibility index (Phi) is 5.03. The van der Waals surface area contributed by atoms with Gasteiger partial charge in [-0.05, 0) is 17.7 Å². The van der Waals surface area contributed by atoms with E-state index in [1.165, 1.54) is 17.8 Å². The van der Waals surface area contributed by atoms with E-state index in [9.17, 15) is 4.79 Å². The Morgan fingerprint density at radius 3 is 2.50 bits per heavy atom. The number of nitrogens with two attached hydrogens (primary N) is 2. The Bertz CT molecular complexity index is 979. The number of hydrogen-bond acceptors (Lipinski definition) is 7. The lowest BCUT2D eigenvalue weighted by atomic mass is 10.0. The number of hydrogen-bond donors (Lipinski definition) is 2. The fourth-order valence-corrected chi connectivity index (χ4v) is 3.87. The van der Waals surface area contributed by atoms with E-state index in [-0.39, 0.29) is 29.3 Å². The molecule has 0 bridgehead atoms. The number of fused-ring (bicyclic) bond motifs is 1. The Balaban J connectivity index is 1.62. The van der Waals surface area contributed by atoms with Crippen LogP contribution in [0.5, 0.6) is 5.75 Å². The number of carbonyl (C=O) groups is 1. The van der Waals surface area contributed by atoms with Gasteiger partial charge in [-0.15, -0.1) is 0 Å². The smallest absolute Gasteiger partial charge is 0.238 e. The van der Waals surface area contributed by atoms with Crippen LogP contribution >= 0.6 is 11.8 Å². The molecule has 2 aromatic carbocycles. The third-order valence-corrected chi connectivity index (χ3v) is 5.19. The van der Waals surface area contributed by atoms with Gasteiger partial charge in [-0.2, -0.15) is 0 Å². The molecule has 28 heavy (non-hydrogen) atoms. The van der Waals surface area contributed by atoms with Crippen LogP contribution in [0.2, 0.25) is 0 Å². The molecule has 7 nitrogen and oxygen atoms in total. The standard InChI is InChI=1S/C20H19N5O2S/c21-17-10-18(22)24-20(23-17)28-12-19(26)25-14-8-4-5-9-16(14)27-11-15(25)13-6-2-1-3-7-13/h1-10,15H,11-12H2,(H4,21,22,23,24)/t15-/m0/s1. The second kappa shape index (κ2) is 7.77. The van der Waals surface area contributed by atoms with Crippen LogP contribution in [-0.4, -0.2) is 28.2 Å². The number of aromatic nitrogens is 2. The summed E-state index contributed by atoms with van der Waals surface area (Å²) in [5, 5.41) is 0.378. The van der Waals surface area contributed by atoms with Gasteiger partial charge >= 0.3 is 0 Å². The zero-order chi connectivity index (χ0) is 19.5. The van der Waals surface area contributed by atoms with Crippen LogP contribution in [0.3, 0.4) is 0 Å². The lowest BCUT2D eigenvalue weighted by molar-refractivity contribution is -0.117. The molecule has 3 aromatic rings. The Morgan fingerprint density at radius 1 is 1.07 bits per heavy atom. The molecule has 0 radical (unpaired) electrons. The zero-order valence-corrected chi connectivity index (χ0v) is 15.8. The maximum absolute atomic E-state index is 13.2. The van der Waals surface area contributed by atoms with E-state index in [1.807, 2.05) is 54.6 Å². The summed E-state index contributed by atoms with van der Waals surface area (Å²) in [4.78, 5) is 23.3. The quantitative estimate of drug-likeness (QED) is 0.518. The fraction of sp³-hybridized carbons (Fsp3) is 0.150. The summed E-state index contributed by atoms with van der Waals surface area (Å²) < 4.78 is 5.91. The highest BCUT2D eigenvalue weighted by Gasteiger charge is 2.33. The van der Waals surface area contributed by atoms with Gasteiger partial charge in [0.25, 0.3) is 0 Å². The Hall–Kier alpha value is -3.26. The van der Waals surface area contributed by atoms with Crippen molar-refractivity contribution >= 4 is 35.0 Å². The predicted octanol–water partition coefficient (Wildman–Crippen LogP) is 2.90. The average Bonchev–Trinajstić information content (AvgIpc) is 2.71. The van der Waals surface area contributed by atoms with Crippen LogP contribution < -0.4 is 21.1 Å². The number of carbonyl (C=O) groups excluding carboxylic acids is 1. The fourth-order valence-electron chi connectivity index (χ4n) is 3.14. The highest BCUT2D eigenvalue weighted by Crippen LogP contribution is 2.39. The molecule has 1 aromatic heterocycles. The van der Waals surface area contributed by atoms with Crippen molar-refractivity contribution in [2.24, 2.45) is 0 Å². The van der Waals surface area contributed by atoms with Crippen LogP contribution in [0.15, 0.2) is 65.8 Å². The number of rotatable bonds is 4. The molecule has 1 atom stereocenters. The molecule has 0 unspecified atom stereocenters. The van der Waals surface area contributed by atoms with Crippen molar-refractivity contribution in [1.82, 2.24) is 9.97 Å². The van der Waals surface area contributed by atoms with Crippen molar-refractivity contribution in [3.63, 3.8) is 0 Å². The van der Waals surface area contributed by atoms with E-state index in [2.05, 4.69) is 9.97 Å². The molecule has 1 aliphatic rings. The van der Waals surface area contributed by atoms with Gasteiger partial charge in [0.1, 0.15) is 24.0 Å². The summed E-state index contributed by atoms with van der Waals surface area (Å²) in [6, 6.07) is 18.7. The number of nitrogens with zero attached hydrogens (tertiary/aromatic N) is 3. The van der Waals surface area contributed by atoms with Gasteiger partial charge in [0.05, 0.1) is 17.5 Å². The van der Waals surface area contributed by atoms with Crippen LogP contribution in [0.1, 0.15) is 11.6 Å². The van der Waals surface area contributed by atoms with E-state index in [4.69, 9.17) is 16.2 Å². The van der Waals surface area contributed by atoms with Crippen molar-refractivity contribution in [2.75, 3.05) is 28.7 Å². The third-order valence-electron chi connectivity index (χ3n) is 4.36. The van der Waals surface area contributed by atoms with Crippen LogP contribution in [0.4, 0.5) is 17.3 Å². The van der Waals surface area contributed by atoms with E-state index in [0.717, 1.165) is 11.3 Å². The molecule has 0 saturated heterocycles. The monoisotopic (exact) mass is 393 g/mol. The van der Waals surface area contributed by atoms with E-state index in [1.54, 1.807) is 4.90 Å². The van der Waals surface area contributed by atoms with E-state index >= 15 is 0 Å². The Labute approximate surface area is 166 Å². The molecule has 4 N–H and O–H groups in total. The molecule has 8 heteroatoms. The molecule has 4 rings (SSSR count). The highest BCUT2D eigenvalue weighted by molar-refractivity contribution is 7.99. The summed E-state index contributed by atoms with van der Waals surface area (Å²) in [6.45, 7) is 0.388. The van der Waals surface area contributed by atoms with Gasteiger partial charge in [0.15, 0.2) is 5.16 Å². The van der Waals surface area contributed by atoms with Crippen LogP contribution in [0, 0.1) is 0 Å². The maximum Gasteiger partial charge on any atom is 0.238 e. The topological polar surface area (TPSA) is 107 Å². The number of anilines is 3. The second-order valence-corrected chi connectivity index (χ2v) is 7.20. The first kappa shape index (κ1) is 18.1. The lowest BCUT2D eigenvalue weighted by Gasteiger charge is -2.37. The number of para-hydroxylation sites is 2. The van der Waals surface area contributed by atoms with Gasteiger partial charge < -0.3 is 16.2 Å². The minimum absolute atomic E-state index is 0.0702. The SMILES string of the molecule is Nc1cc(N)nc(SCC(=O)N2c3ccccc3OC[C@H]2c2ccccc2)n1. The molecule has 142 valence electrons. The van der Waals surface area contributed by atoms with Gasteiger partial charge in [-0.25, -0.2) is 9.97 Å². The summed E-state index contributed by atoms with van der Waals surface area (Å²) >= 11 is 1.21. The number of nitrogen functional groups attached to an aromatic ring is 2. The van der Waals surface area contributed by atoms with Crippen molar-refractivity contribution in [1.29, 1.82) is 0 Å². The first-order valence-corrected chi connectivity index (χ1v) is 9.72. The predicted molar refractivity (Wildman–Crippen MR) is 110 cm³/mol. The summed E-state index contributed by atoms with van der Waals surface area (Å²) in [7, 11) is 0. The number of benzene rings is 2. The Morgan fingerprint density at radius 2 is 1.75 bits per heavy atom. The number of amides is 1. The lowest BCUT2D eigenvalue weighted by Crippen LogP contribution is -2.42. The normalized spacial score (nSPS) is 15.6. The van der Waals surface area contributed by atoms with Crippen LogP contribution in [-0.2, 0) is 4.79 Å². The molecular formula is C20H19N5O2S. The molecule has 0 spiro atoms. The molecule has 2 heterocycles. The minimum atomic E-state index is -0.212. The van der Waals surface area contributed by atoms with Crippen LogP contribution in [0.25, 0.3) is 0 Å². The molecular weight excluding hydrogens is 374 g/mol. The minimum Gasteiger partial charge on any atom is -0.489 e. The second-order valence-electron chi connectivity index (χ2n) is 6.26. The van der Waals surface area contributed by atoms with Gasteiger partial charge in [0.2, 0.25) is 5.91 Å². The average molecular weight is 393 g/mol. The van der Waals surface area contributed by atoms with Crippen molar-refractivity contribution in [3.05, 3.63) is 66.2 Å². The summed E-state index contributed by atoms with van der Waals surface area (Å²) in [5.74, 6) is 1.33. The van der Waals surface area contributed by atoms with Crippen molar-refractivity contribution < 1.29 is 9.53 Å². The number of thioether (sulfide) groups is 1. The van der Waals surface area contributed by atoms with Gasteiger partial charge in [0, 0.05) is 6.07 Å². The van der Waals surface area contributed by atoms with Gasteiger partial charge in [-0.3, -0.25) is 9.69 Å². The highest BCUT2D eigenvalue weighted by atomic mass is 32.2. The first-order valence-electron chi connectivity index (χ1n) is 8.73. The zero-order valence-electron chi connectivity index (χ0n) is 15.0. The largest absolute Gasteiger partial charge is 0.489 e. The third kappa shape index (κ3) is 3.72. The maximum atomic E-state index is 13.2.